The van der Waals surface area contributed by atoms with Gasteiger partial charge in [-0.2, -0.15) is 0 Å². The van der Waals surface area contributed by atoms with E-state index in [1.165, 1.54) is 0 Å². The van der Waals surface area contributed by atoms with Crippen LogP contribution in [0.15, 0.2) is 0 Å². The van der Waals surface area contributed by atoms with E-state index in [0.717, 1.165) is 65.4 Å². The molecule has 0 aliphatic carbocycles. The standard InChI is InChI=1S/2C7H16N2O/c2*1-8-2-4-9(5-3-8)6-7-10/h2*10H,2-7H2,1H3. The van der Waals surface area contributed by atoms with Gasteiger partial charge in [-0.15, -0.1) is 0 Å². The maximum atomic E-state index is 8.63. The van der Waals surface area contributed by atoms with Crippen LogP contribution in [0.25, 0.3) is 0 Å². The Morgan fingerprint density at radius 3 is 1.15 bits per heavy atom. The van der Waals surface area contributed by atoms with Gasteiger partial charge in [0.05, 0.1) is 13.2 Å². The van der Waals surface area contributed by atoms with Crippen molar-refractivity contribution in [3.05, 3.63) is 0 Å². The molecule has 0 spiro atoms. The molecule has 2 aliphatic rings. The first-order chi connectivity index (χ1) is 9.65. The van der Waals surface area contributed by atoms with E-state index in [1.54, 1.807) is 0 Å². The van der Waals surface area contributed by atoms with Gasteiger partial charge in [0.25, 0.3) is 0 Å². The number of hydrogen-bond donors (Lipinski definition) is 2. The van der Waals surface area contributed by atoms with Gasteiger partial charge in [-0.3, -0.25) is 9.80 Å². The van der Waals surface area contributed by atoms with Gasteiger partial charge in [-0.25, -0.2) is 0 Å². The van der Waals surface area contributed by atoms with E-state index in [-0.39, 0.29) is 0 Å². The average Bonchev–Trinajstić information content (AvgIpc) is 2.45. The molecule has 0 aromatic carbocycles. The van der Waals surface area contributed by atoms with E-state index < -0.39 is 0 Å². The van der Waals surface area contributed by atoms with Crippen LogP contribution in [0.2, 0.25) is 0 Å². The molecule has 0 bridgehead atoms. The highest BCUT2D eigenvalue weighted by molar-refractivity contribution is 4.68. The van der Waals surface area contributed by atoms with Crippen molar-refractivity contribution in [3.8, 4) is 0 Å². The van der Waals surface area contributed by atoms with Crippen molar-refractivity contribution in [2.75, 3.05) is 92.8 Å². The molecule has 20 heavy (non-hydrogen) atoms. The summed E-state index contributed by atoms with van der Waals surface area (Å²) in [6.07, 6.45) is 0. The van der Waals surface area contributed by atoms with Crippen molar-refractivity contribution < 1.29 is 10.2 Å². The molecular weight excluding hydrogens is 256 g/mol. The van der Waals surface area contributed by atoms with Crippen LogP contribution in [0, 0.1) is 0 Å². The highest BCUT2D eigenvalue weighted by Gasteiger charge is 2.12. The molecule has 0 unspecified atom stereocenters. The van der Waals surface area contributed by atoms with E-state index in [1.807, 2.05) is 0 Å². The summed E-state index contributed by atoms with van der Waals surface area (Å²) >= 11 is 0. The second-order valence-electron chi connectivity index (χ2n) is 5.74. The van der Waals surface area contributed by atoms with Crippen LogP contribution >= 0.6 is 0 Å². The minimum Gasteiger partial charge on any atom is -0.395 e. The first-order valence-electron chi connectivity index (χ1n) is 7.69. The number of aliphatic hydroxyl groups is 2. The minimum atomic E-state index is 0.295. The Labute approximate surface area is 123 Å². The van der Waals surface area contributed by atoms with Gasteiger partial charge in [0.15, 0.2) is 0 Å². The summed E-state index contributed by atoms with van der Waals surface area (Å²) in [5.74, 6) is 0. The fraction of sp³-hybridized carbons (Fsp3) is 1.00. The highest BCUT2D eigenvalue weighted by atomic mass is 16.3. The topological polar surface area (TPSA) is 53.4 Å². The molecule has 0 atom stereocenters. The number of rotatable bonds is 4. The predicted molar refractivity (Wildman–Crippen MR) is 82.0 cm³/mol. The quantitative estimate of drug-likeness (QED) is 0.653. The van der Waals surface area contributed by atoms with Gasteiger partial charge >= 0.3 is 0 Å². The molecule has 0 amide bonds. The minimum absolute atomic E-state index is 0.295. The normalized spacial score (nSPS) is 23.4. The summed E-state index contributed by atoms with van der Waals surface area (Å²) in [5, 5.41) is 17.3. The van der Waals surface area contributed by atoms with E-state index in [0.29, 0.717) is 13.2 Å². The fourth-order valence-electron chi connectivity index (χ4n) is 2.43. The van der Waals surface area contributed by atoms with Gasteiger partial charge in [-0.05, 0) is 14.1 Å². The van der Waals surface area contributed by atoms with Crippen LogP contribution in [0.4, 0.5) is 0 Å². The average molecular weight is 288 g/mol. The number of piperazine rings is 2. The lowest BCUT2D eigenvalue weighted by atomic mass is 10.3. The Morgan fingerprint density at radius 2 is 0.900 bits per heavy atom. The smallest absolute Gasteiger partial charge is 0.0558 e. The maximum absolute atomic E-state index is 8.63. The summed E-state index contributed by atoms with van der Waals surface area (Å²) in [4.78, 5) is 9.21. The number of β-amino-alcohol motifs (C(OH)–C–C–N with tert-alkyl or cyclic N) is 2. The molecule has 6 heteroatoms. The molecule has 0 radical (unpaired) electrons. The third-order valence-electron chi connectivity index (χ3n) is 4.02. The third kappa shape index (κ3) is 7.52. The Hall–Kier alpha value is -0.240. The van der Waals surface area contributed by atoms with Gasteiger partial charge < -0.3 is 20.0 Å². The molecular formula is C14H32N4O2. The van der Waals surface area contributed by atoms with Crippen molar-refractivity contribution in [1.29, 1.82) is 0 Å². The van der Waals surface area contributed by atoms with Gasteiger partial charge in [-0.1, -0.05) is 0 Å². The summed E-state index contributed by atoms with van der Waals surface area (Å²) in [6, 6.07) is 0. The lowest BCUT2D eigenvalue weighted by molar-refractivity contribution is 0.128. The third-order valence-corrected chi connectivity index (χ3v) is 4.02. The Morgan fingerprint density at radius 1 is 0.600 bits per heavy atom. The molecule has 2 heterocycles. The number of nitrogens with zero attached hydrogens (tertiary/aromatic N) is 4. The molecule has 120 valence electrons. The van der Waals surface area contributed by atoms with Crippen LogP contribution in [0.5, 0.6) is 0 Å². The van der Waals surface area contributed by atoms with Crippen molar-refractivity contribution in [1.82, 2.24) is 19.6 Å². The molecule has 2 fully saturated rings. The van der Waals surface area contributed by atoms with Gasteiger partial charge in [0, 0.05) is 65.4 Å². The van der Waals surface area contributed by atoms with Crippen molar-refractivity contribution in [2.45, 2.75) is 0 Å². The van der Waals surface area contributed by atoms with Crippen LogP contribution in [-0.4, -0.2) is 123 Å². The predicted octanol–water partition coefficient (Wildman–Crippen LogP) is -1.55. The summed E-state index contributed by atoms with van der Waals surface area (Å²) in [5.41, 5.74) is 0. The zero-order chi connectivity index (χ0) is 14.8. The molecule has 2 saturated heterocycles. The lowest BCUT2D eigenvalue weighted by Gasteiger charge is -2.31. The maximum Gasteiger partial charge on any atom is 0.0558 e. The number of likely N-dealkylation sites (N-methyl/N-ethyl adjacent to an activating group) is 2. The molecule has 2 aliphatic heterocycles. The monoisotopic (exact) mass is 288 g/mol. The zero-order valence-electron chi connectivity index (χ0n) is 13.2. The van der Waals surface area contributed by atoms with Gasteiger partial charge in [0.1, 0.15) is 0 Å². The Bertz CT molecular complexity index is 203. The fourth-order valence-corrected chi connectivity index (χ4v) is 2.43. The van der Waals surface area contributed by atoms with E-state index in [9.17, 15) is 0 Å². The summed E-state index contributed by atoms with van der Waals surface area (Å²) in [6.45, 7) is 11.3. The van der Waals surface area contributed by atoms with Crippen LogP contribution < -0.4 is 0 Å². The first kappa shape index (κ1) is 17.8. The second kappa shape index (κ2) is 10.5. The molecule has 0 aromatic rings. The summed E-state index contributed by atoms with van der Waals surface area (Å²) in [7, 11) is 4.27. The molecule has 2 N–H and O–H groups in total. The molecule has 0 aromatic heterocycles. The highest BCUT2D eigenvalue weighted by Crippen LogP contribution is 1.97. The zero-order valence-corrected chi connectivity index (χ0v) is 13.2. The van der Waals surface area contributed by atoms with Crippen LogP contribution in [-0.2, 0) is 0 Å². The Kier molecular flexibility index (Phi) is 9.33. The van der Waals surface area contributed by atoms with E-state index >= 15 is 0 Å². The molecule has 0 saturated carbocycles. The lowest BCUT2D eigenvalue weighted by Crippen LogP contribution is -2.45. The second-order valence-corrected chi connectivity index (χ2v) is 5.74. The van der Waals surface area contributed by atoms with Crippen molar-refractivity contribution in [3.63, 3.8) is 0 Å². The largest absolute Gasteiger partial charge is 0.395 e. The van der Waals surface area contributed by atoms with Crippen molar-refractivity contribution in [2.24, 2.45) is 0 Å². The van der Waals surface area contributed by atoms with E-state index in [4.69, 9.17) is 10.2 Å². The first-order valence-corrected chi connectivity index (χ1v) is 7.69. The van der Waals surface area contributed by atoms with Gasteiger partial charge in [0.2, 0.25) is 0 Å². The van der Waals surface area contributed by atoms with E-state index in [2.05, 4.69) is 33.7 Å². The van der Waals surface area contributed by atoms with Crippen LogP contribution in [0.3, 0.4) is 0 Å². The Balaban J connectivity index is 0.000000200. The molecule has 6 nitrogen and oxygen atoms in total. The summed E-state index contributed by atoms with van der Waals surface area (Å²) < 4.78 is 0. The van der Waals surface area contributed by atoms with Crippen molar-refractivity contribution >= 4 is 0 Å². The number of aliphatic hydroxyl groups excluding tert-OH is 2. The molecule has 2 rings (SSSR count). The SMILES string of the molecule is CN1CCN(CCO)CC1.CN1CCN(CCO)CC1. The van der Waals surface area contributed by atoms with Crippen LogP contribution in [0.1, 0.15) is 0 Å². The number of hydrogen-bond acceptors (Lipinski definition) is 6.